The van der Waals surface area contributed by atoms with Gasteiger partial charge in [-0.2, -0.15) is 0 Å². The van der Waals surface area contributed by atoms with E-state index in [0.29, 0.717) is 0 Å². The van der Waals surface area contributed by atoms with E-state index in [1.807, 2.05) is 18.2 Å². The van der Waals surface area contributed by atoms with E-state index in [4.69, 9.17) is 27.9 Å². The SMILES string of the molecule is Clc1cc2c(c(C(Cl)C3(c4ccccc4)CC3)c1)OCC2. The van der Waals surface area contributed by atoms with Crippen LogP contribution in [0.4, 0.5) is 0 Å². The molecule has 0 N–H and O–H groups in total. The Morgan fingerprint density at radius 3 is 2.57 bits per heavy atom. The average Bonchev–Trinajstić information content (AvgIpc) is 3.19. The van der Waals surface area contributed by atoms with E-state index in [1.54, 1.807) is 0 Å². The zero-order valence-electron chi connectivity index (χ0n) is 11.6. The van der Waals surface area contributed by atoms with Crippen molar-refractivity contribution in [3.8, 4) is 5.75 Å². The Kier molecular flexibility index (Phi) is 3.16. The van der Waals surface area contributed by atoms with Crippen LogP contribution in [0.1, 0.15) is 34.9 Å². The predicted octanol–water partition coefficient (Wildman–Crippen LogP) is 5.29. The van der Waals surface area contributed by atoms with Crippen molar-refractivity contribution in [1.82, 2.24) is 0 Å². The van der Waals surface area contributed by atoms with Gasteiger partial charge < -0.3 is 4.74 Å². The Morgan fingerprint density at radius 2 is 1.86 bits per heavy atom. The smallest absolute Gasteiger partial charge is 0.127 e. The molecule has 1 nitrogen and oxygen atoms in total. The molecule has 2 aromatic rings. The van der Waals surface area contributed by atoms with Gasteiger partial charge in [0.1, 0.15) is 5.75 Å². The zero-order chi connectivity index (χ0) is 14.4. The lowest BCUT2D eigenvalue weighted by Gasteiger charge is -2.24. The van der Waals surface area contributed by atoms with Crippen LogP contribution in [0, 0.1) is 0 Å². The van der Waals surface area contributed by atoms with Gasteiger partial charge in [0.2, 0.25) is 0 Å². The molecule has 1 fully saturated rings. The summed E-state index contributed by atoms with van der Waals surface area (Å²) in [6.45, 7) is 0.727. The standard InChI is InChI=1S/C18H16Cl2O/c19-14-10-12-6-9-21-16(12)15(11-14)17(20)18(7-8-18)13-4-2-1-3-5-13/h1-5,10-11,17H,6-9H2. The minimum atomic E-state index is -0.0922. The van der Waals surface area contributed by atoms with Gasteiger partial charge in [0.05, 0.1) is 12.0 Å². The molecule has 1 saturated carbocycles. The van der Waals surface area contributed by atoms with Gasteiger partial charge in [-0.15, -0.1) is 11.6 Å². The molecule has 0 saturated heterocycles. The second-order valence-corrected chi connectivity index (χ2v) is 6.84. The first kappa shape index (κ1) is 13.5. The van der Waals surface area contributed by atoms with Crippen molar-refractivity contribution in [1.29, 1.82) is 0 Å². The number of benzene rings is 2. The first-order chi connectivity index (χ1) is 10.2. The van der Waals surface area contributed by atoms with E-state index >= 15 is 0 Å². The fourth-order valence-electron chi connectivity index (χ4n) is 3.38. The molecule has 0 radical (unpaired) electrons. The minimum absolute atomic E-state index is 0.0349. The molecule has 108 valence electrons. The Hall–Kier alpha value is -1.18. The summed E-state index contributed by atoms with van der Waals surface area (Å²) >= 11 is 13.2. The van der Waals surface area contributed by atoms with Gasteiger partial charge in [-0.1, -0.05) is 41.9 Å². The van der Waals surface area contributed by atoms with Crippen LogP contribution in [-0.2, 0) is 11.8 Å². The molecule has 0 bridgehead atoms. The highest BCUT2D eigenvalue weighted by Gasteiger charge is 2.51. The number of hydrogen-bond donors (Lipinski definition) is 0. The average molecular weight is 319 g/mol. The van der Waals surface area contributed by atoms with Crippen LogP contribution in [0.15, 0.2) is 42.5 Å². The van der Waals surface area contributed by atoms with Crippen molar-refractivity contribution in [3.05, 3.63) is 64.2 Å². The van der Waals surface area contributed by atoms with Gasteiger partial charge in [-0.25, -0.2) is 0 Å². The summed E-state index contributed by atoms with van der Waals surface area (Å²) in [6.07, 6.45) is 3.16. The lowest BCUT2D eigenvalue weighted by Crippen LogP contribution is -2.14. The van der Waals surface area contributed by atoms with Crippen molar-refractivity contribution in [2.24, 2.45) is 0 Å². The third-order valence-electron chi connectivity index (χ3n) is 4.67. The van der Waals surface area contributed by atoms with E-state index in [2.05, 4.69) is 24.3 Å². The highest BCUT2D eigenvalue weighted by molar-refractivity contribution is 6.31. The molecule has 2 aliphatic rings. The molecule has 3 heteroatoms. The molecule has 1 aliphatic carbocycles. The second kappa shape index (κ2) is 4.93. The monoisotopic (exact) mass is 318 g/mol. The number of rotatable bonds is 3. The van der Waals surface area contributed by atoms with Crippen molar-refractivity contribution in [3.63, 3.8) is 0 Å². The molecule has 4 rings (SSSR count). The first-order valence-electron chi connectivity index (χ1n) is 7.35. The summed E-state index contributed by atoms with van der Waals surface area (Å²) < 4.78 is 5.82. The number of ether oxygens (including phenoxy) is 1. The van der Waals surface area contributed by atoms with E-state index in [9.17, 15) is 0 Å². The summed E-state index contributed by atoms with van der Waals surface area (Å²) in [5.74, 6) is 0.960. The van der Waals surface area contributed by atoms with Crippen LogP contribution in [0.5, 0.6) is 5.75 Å². The fraction of sp³-hybridized carbons (Fsp3) is 0.333. The minimum Gasteiger partial charge on any atom is -0.493 e. The van der Waals surface area contributed by atoms with E-state index in [-0.39, 0.29) is 10.8 Å². The van der Waals surface area contributed by atoms with Crippen molar-refractivity contribution < 1.29 is 4.74 Å². The Balaban J connectivity index is 1.78. The molecule has 21 heavy (non-hydrogen) atoms. The number of halogens is 2. The first-order valence-corrected chi connectivity index (χ1v) is 8.17. The van der Waals surface area contributed by atoms with Crippen molar-refractivity contribution in [2.45, 2.75) is 30.1 Å². The van der Waals surface area contributed by atoms with Crippen LogP contribution in [0.2, 0.25) is 5.02 Å². The van der Waals surface area contributed by atoms with E-state index < -0.39 is 0 Å². The largest absolute Gasteiger partial charge is 0.493 e. The molecular weight excluding hydrogens is 303 g/mol. The Bertz CT molecular complexity index is 677. The summed E-state index contributed by atoms with van der Waals surface area (Å²) in [7, 11) is 0. The Labute approximate surface area is 134 Å². The molecule has 0 spiro atoms. The summed E-state index contributed by atoms with van der Waals surface area (Å²) in [4.78, 5) is 0. The topological polar surface area (TPSA) is 9.23 Å². The molecule has 2 aromatic carbocycles. The lowest BCUT2D eigenvalue weighted by atomic mass is 9.87. The Morgan fingerprint density at radius 1 is 1.10 bits per heavy atom. The molecule has 1 aliphatic heterocycles. The highest BCUT2D eigenvalue weighted by Crippen LogP contribution is 2.61. The summed E-state index contributed by atoms with van der Waals surface area (Å²) in [5, 5.41) is 0.661. The lowest BCUT2D eigenvalue weighted by molar-refractivity contribution is 0.351. The van der Waals surface area contributed by atoms with Crippen molar-refractivity contribution in [2.75, 3.05) is 6.61 Å². The van der Waals surface area contributed by atoms with Crippen LogP contribution in [0.3, 0.4) is 0 Å². The second-order valence-electron chi connectivity index (χ2n) is 5.97. The maximum atomic E-state index is 6.91. The van der Waals surface area contributed by atoms with Gasteiger partial charge in [0.15, 0.2) is 0 Å². The molecule has 1 heterocycles. The number of fused-ring (bicyclic) bond motifs is 1. The maximum Gasteiger partial charge on any atom is 0.127 e. The van der Waals surface area contributed by atoms with Gasteiger partial charge in [0, 0.05) is 22.4 Å². The predicted molar refractivity (Wildman–Crippen MR) is 86.6 cm³/mol. The van der Waals surface area contributed by atoms with Crippen LogP contribution >= 0.6 is 23.2 Å². The van der Waals surface area contributed by atoms with Gasteiger partial charge in [0.25, 0.3) is 0 Å². The van der Waals surface area contributed by atoms with E-state index in [0.717, 1.165) is 42.2 Å². The molecule has 1 atom stereocenters. The van der Waals surface area contributed by atoms with Crippen LogP contribution in [0.25, 0.3) is 0 Å². The molecule has 0 aromatic heterocycles. The third kappa shape index (κ3) is 2.15. The zero-order valence-corrected chi connectivity index (χ0v) is 13.1. The van der Waals surface area contributed by atoms with Crippen LogP contribution in [-0.4, -0.2) is 6.61 Å². The summed E-state index contributed by atoms with van der Waals surface area (Å²) in [6, 6.07) is 14.5. The van der Waals surface area contributed by atoms with Gasteiger partial charge in [-0.05, 0) is 36.1 Å². The normalized spacial score (nSPS) is 19.7. The third-order valence-corrected chi connectivity index (χ3v) is 5.54. The number of hydrogen-bond acceptors (Lipinski definition) is 1. The van der Waals surface area contributed by atoms with Gasteiger partial charge >= 0.3 is 0 Å². The van der Waals surface area contributed by atoms with Crippen LogP contribution < -0.4 is 4.74 Å². The van der Waals surface area contributed by atoms with E-state index in [1.165, 1.54) is 11.1 Å². The summed E-state index contributed by atoms with van der Waals surface area (Å²) in [5.41, 5.74) is 3.59. The van der Waals surface area contributed by atoms with Crippen molar-refractivity contribution >= 4 is 23.2 Å². The molecule has 1 unspecified atom stereocenters. The molecular formula is C18H16Cl2O. The number of alkyl halides is 1. The molecule has 0 amide bonds. The van der Waals surface area contributed by atoms with Gasteiger partial charge in [-0.3, -0.25) is 0 Å². The maximum absolute atomic E-state index is 6.91. The highest BCUT2D eigenvalue weighted by atomic mass is 35.5. The fourth-order valence-corrected chi connectivity index (χ4v) is 4.13. The quantitative estimate of drug-likeness (QED) is 0.699.